The zero-order valence-corrected chi connectivity index (χ0v) is 9.48. The van der Waals surface area contributed by atoms with Gasteiger partial charge in [0, 0.05) is 7.11 Å². The van der Waals surface area contributed by atoms with E-state index >= 15 is 0 Å². The van der Waals surface area contributed by atoms with Crippen LogP contribution in [0.25, 0.3) is 0 Å². The predicted molar refractivity (Wildman–Crippen MR) is 62.6 cm³/mol. The standard InChI is InChI=1S/C10H14BO2P/c1-12-4-5-13-10-6-8(7-14)2-3-9(10)11/h2-3,6H,4-5,7,14H2,1H3. The third kappa shape index (κ3) is 3.32. The minimum atomic E-state index is 0.529. The van der Waals surface area contributed by atoms with E-state index in [-0.39, 0.29) is 0 Å². The van der Waals surface area contributed by atoms with Gasteiger partial charge in [-0.25, -0.2) is 0 Å². The minimum Gasteiger partial charge on any atom is -0.492 e. The Morgan fingerprint density at radius 1 is 1.36 bits per heavy atom. The molecule has 14 heavy (non-hydrogen) atoms. The van der Waals surface area contributed by atoms with Crippen molar-refractivity contribution in [3.05, 3.63) is 23.8 Å². The molecule has 0 aliphatic carbocycles. The lowest BCUT2D eigenvalue weighted by molar-refractivity contribution is 0.147. The first-order chi connectivity index (χ1) is 6.77. The zero-order chi connectivity index (χ0) is 10.4. The fourth-order valence-corrected chi connectivity index (χ4v) is 1.32. The molecule has 74 valence electrons. The van der Waals surface area contributed by atoms with E-state index in [1.54, 1.807) is 7.11 Å². The highest BCUT2D eigenvalue weighted by atomic mass is 31.0. The molecule has 0 heterocycles. The van der Waals surface area contributed by atoms with E-state index in [1.807, 2.05) is 18.2 Å². The van der Waals surface area contributed by atoms with Crippen molar-refractivity contribution in [1.82, 2.24) is 0 Å². The second-order valence-electron chi connectivity index (χ2n) is 2.92. The highest BCUT2D eigenvalue weighted by Crippen LogP contribution is 2.12. The van der Waals surface area contributed by atoms with Crippen LogP contribution in [-0.4, -0.2) is 28.2 Å². The summed E-state index contributed by atoms with van der Waals surface area (Å²) in [5.41, 5.74) is 1.86. The van der Waals surface area contributed by atoms with Crippen LogP contribution < -0.4 is 10.2 Å². The molecule has 1 unspecified atom stereocenters. The predicted octanol–water partition coefficient (Wildman–Crippen LogP) is 0.881. The van der Waals surface area contributed by atoms with Gasteiger partial charge in [0.15, 0.2) is 0 Å². The molecule has 0 aliphatic heterocycles. The Hall–Kier alpha value is -0.525. The molecule has 2 nitrogen and oxygen atoms in total. The minimum absolute atomic E-state index is 0.529. The van der Waals surface area contributed by atoms with Crippen LogP contribution in [-0.2, 0) is 10.9 Å². The summed E-state index contributed by atoms with van der Waals surface area (Å²) < 4.78 is 10.4. The second-order valence-corrected chi connectivity index (χ2v) is 3.33. The number of hydrogen-bond acceptors (Lipinski definition) is 2. The summed E-state index contributed by atoms with van der Waals surface area (Å²) in [6, 6.07) is 5.81. The van der Waals surface area contributed by atoms with Crippen molar-refractivity contribution in [2.24, 2.45) is 0 Å². The Morgan fingerprint density at radius 2 is 2.14 bits per heavy atom. The molecule has 4 heteroatoms. The van der Waals surface area contributed by atoms with Crippen molar-refractivity contribution >= 4 is 22.5 Å². The van der Waals surface area contributed by atoms with Crippen LogP contribution >= 0.6 is 9.24 Å². The van der Waals surface area contributed by atoms with Crippen LogP contribution in [0.5, 0.6) is 5.75 Å². The maximum Gasteiger partial charge on any atom is 0.119 e. The Balaban J connectivity index is 2.64. The zero-order valence-electron chi connectivity index (χ0n) is 8.32. The van der Waals surface area contributed by atoms with Gasteiger partial charge in [0.05, 0.1) is 6.61 Å². The van der Waals surface area contributed by atoms with E-state index in [9.17, 15) is 0 Å². The smallest absolute Gasteiger partial charge is 0.119 e. The third-order valence-electron chi connectivity index (χ3n) is 1.86. The molecule has 0 saturated heterocycles. The Kier molecular flexibility index (Phi) is 4.99. The van der Waals surface area contributed by atoms with Crippen LogP contribution in [0.3, 0.4) is 0 Å². The first kappa shape index (κ1) is 11.5. The first-order valence-corrected chi connectivity index (χ1v) is 5.29. The molecule has 0 N–H and O–H groups in total. The monoisotopic (exact) mass is 208 g/mol. The Labute approximate surface area is 88.6 Å². The van der Waals surface area contributed by atoms with Gasteiger partial charge in [0.2, 0.25) is 0 Å². The molecule has 0 bridgehead atoms. The number of ether oxygens (including phenoxy) is 2. The molecular weight excluding hydrogens is 194 g/mol. The Morgan fingerprint density at radius 3 is 2.79 bits per heavy atom. The molecule has 1 aromatic carbocycles. The van der Waals surface area contributed by atoms with E-state index in [0.29, 0.717) is 18.7 Å². The molecule has 0 saturated carbocycles. The van der Waals surface area contributed by atoms with Crippen LogP contribution in [0.15, 0.2) is 18.2 Å². The van der Waals surface area contributed by atoms with Crippen molar-refractivity contribution < 1.29 is 9.47 Å². The first-order valence-electron chi connectivity index (χ1n) is 4.48. The average molecular weight is 208 g/mol. The maximum atomic E-state index is 5.75. The topological polar surface area (TPSA) is 18.5 Å². The molecular formula is C10H14BO2P. The SMILES string of the molecule is [B]c1ccc(CP)cc1OCCOC. The summed E-state index contributed by atoms with van der Waals surface area (Å²) in [4.78, 5) is 0. The van der Waals surface area contributed by atoms with Gasteiger partial charge in [-0.05, 0) is 17.8 Å². The van der Waals surface area contributed by atoms with Crippen LogP contribution in [0.1, 0.15) is 5.56 Å². The largest absolute Gasteiger partial charge is 0.492 e. The molecule has 1 rings (SSSR count). The molecule has 0 fully saturated rings. The maximum absolute atomic E-state index is 5.75. The van der Waals surface area contributed by atoms with Gasteiger partial charge in [0.25, 0.3) is 0 Å². The Bertz CT molecular complexity index is 291. The fraction of sp³-hybridized carbons (Fsp3) is 0.400. The molecule has 0 aromatic heterocycles. The van der Waals surface area contributed by atoms with Crippen molar-refractivity contribution in [2.45, 2.75) is 6.16 Å². The summed E-state index contributed by atoms with van der Waals surface area (Å²) in [7, 11) is 10.1. The molecule has 0 aliphatic rings. The highest BCUT2D eigenvalue weighted by Gasteiger charge is 1.99. The number of benzene rings is 1. The summed E-state index contributed by atoms with van der Waals surface area (Å²) in [5, 5.41) is 0. The van der Waals surface area contributed by atoms with Crippen molar-refractivity contribution in [2.75, 3.05) is 20.3 Å². The van der Waals surface area contributed by atoms with E-state index in [4.69, 9.17) is 17.3 Å². The second kappa shape index (κ2) is 6.05. The number of hydrogen-bond donors (Lipinski definition) is 0. The number of rotatable bonds is 5. The van der Waals surface area contributed by atoms with Gasteiger partial charge >= 0.3 is 0 Å². The van der Waals surface area contributed by atoms with Gasteiger partial charge in [-0.3, -0.25) is 0 Å². The molecule has 1 atom stereocenters. The van der Waals surface area contributed by atoms with Crippen molar-refractivity contribution in [3.63, 3.8) is 0 Å². The van der Waals surface area contributed by atoms with E-state index in [2.05, 4.69) is 9.24 Å². The van der Waals surface area contributed by atoms with E-state index in [1.165, 1.54) is 5.56 Å². The third-order valence-corrected chi connectivity index (χ3v) is 2.33. The summed E-state index contributed by atoms with van der Waals surface area (Å²) in [6.07, 6.45) is 0.904. The lowest BCUT2D eigenvalue weighted by Gasteiger charge is -2.10. The van der Waals surface area contributed by atoms with Crippen molar-refractivity contribution in [3.8, 4) is 5.75 Å². The molecule has 0 spiro atoms. The van der Waals surface area contributed by atoms with Gasteiger partial charge in [0.1, 0.15) is 20.2 Å². The summed E-state index contributed by atoms with van der Waals surface area (Å²) in [6.45, 7) is 1.10. The van der Waals surface area contributed by atoms with Crippen molar-refractivity contribution in [1.29, 1.82) is 0 Å². The summed E-state index contributed by atoms with van der Waals surface area (Å²) >= 11 is 0. The van der Waals surface area contributed by atoms with Gasteiger partial charge < -0.3 is 9.47 Å². The van der Waals surface area contributed by atoms with Gasteiger partial charge in [-0.1, -0.05) is 17.6 Å². The average Bonchev–Trinajstić information content (AvgIpc) is 2.21. The molecule has 1 aromatic rings. The summed E-state index contributed by atoms with van der Waals surface area (Å²) in [5.74, 6) is 0.738. The normalized spacial score (nSPS) is 10.1. The lowest BCUT2D eigenvalue weighted by Crippen LogP contribution is -2.13. The highest BCUT2D eigenvalue weighted by molar-refractivity contribution is 7.15. The fourth-order valence-electron chi connectivity index (χ4n) is 1.07. The van der Waals surface area contributed by atoms with Crippen LogP contribution in [0.2, 0.25) is 0 Å². The quantitative estimate of drug-likeness (QED) is 0.406. The van der Waals surface area contributed by atoms with Crippen LogP contribution in [0, 0.1) is 0 Å². The molecule has 2 radical (unpaired) electrons. The molecule has 0 amide bonds. The van der Waals surface area contributed by atoms with E-state index in [0.717, 1.165) is 11.9 Å². The lowest BCUT2D eigenvalue weighted by atomic mass is 9.94. The van der Waals surface area contributed by atoms with Gasteiger partial charge in [-0.2, -0.15) is 0 Å². The number of methoxy groups -OCH3 is 1. The van der Waals surface area contributed by atoms with Crippen LogP contribution in [0.4, 0.5) is 0 Å². The van der Waals surface area contributed by atoms with Gasteiger partial charge in [-0.15, -0.1) is 9.24 Å². The van der Waals surface area contributed by atoms with E-state index < -0.39 is 0 Å².